The fourth-order valence-corrected chi connectivity index (χ4v) is 4.80. The highest BCUT2D eigenvalue weighted by molar-refractivity contribution is 9.10. The lowest BCUT2D eigenvalue weighted by Crippen LogP contribution is -2.40. The first-order chi connectivity index (χ1) is 15.2. The highest BCUT2D eigenvalue weighted by atomic mass is 79.9. The van der Waals surface area contributed by atoms with E-state index >= 15 is 0 Å². The molecule has 0 aliphatic carbocycles. The Labute approximate surface area is 197 Å². The maximum absolute atomic E-state index is 13.4. The van der Waals surface area contributed by atoms with Crippen molar-refractivity contribution in [2.75, 3.05) is 10.8 Å². The lowest BCUT2D eigenvalue weighted by Gasteiger charge is -2.25. The topological polar surface area (TPSA) is 78.8 Å². The third kappa shape index (κ3) is 5.63. The number of amides is 1. The van der Waals surface area contributed by atoms with E-state index < -0.39 is 22.5 Å². The Morgan fingerprint density at radius 2 is 1.59 bits per heavy atom. The van der Waals surface area contributed by atoms with Crippen LogP contribution in [0.1, 0.15) is 23.6 Å². The van der Waals surface area contributed by atoms with Gasteiger partial charge in [-0.05, 0) is 62.2 Å². The first-order valence-electron chi connectivity index (χ1n) is 9.92. The molecule has 3 aromatic rings. The summed E-state index contributed by atoms with van der Waals surface area (Å²) >= 11 is 3.38. The Morgan fingerprint density at radius 3 is 2.22 bits per heavy atom. The number of sulfonamides is 1. The highest BCUT2D eigenvalue weighted by Crippen LogP contribution is 2.26. The highest BCUT2D eigenvalue weighted by Gasteiger charge is 2.28. The van der Waals surface area contributed by atoms with Crippen molar-refractivity contribution >= 4 is 43.3 Å². The molecule has 0 atom stereocenters. The predicted octanol–water partition coefficient (Wildman–Crippen LogP) is 4.80. The standard InChI is InChI=1S/C24H24BrN3O3S/c1-17-8-14-22(15-9-17)32(30,31)28(23-7-5-4-6-18(23)2)16-24(29)27-26-19(3)20-10-12-21(25)13-11-20/h4-15H,16H2,1-3H3,(H,27,29)/b26-19+. The Balaban J connectivity index is 1.88. The van der Waals surface area contributed by atoms with E-state index in [0.29, 0.717) is 11.4 Å². The smallest absolute Gasteiger partial charge is 0.264 e. The van der Waals surface area contributed by atoms with Gasteiger partial charge < -0.3 is 0 Å². The molecule has 6 nitrogen and oxygen atoms in total. The Kier molecular flexibility index (Phi) is 7.48. The Hall–Kier alpha value is -2.97. The monoisotopic (exact) mass is 513 g/mol. The van der Waals surface area contributed by atoms with Crippen molar-refractivity contribution in [2.45, 2.75) is 25.7 Å². The van der Waals surface area contributed by atoms with E-state index in [-0.39, 0.29) is 4.90 Å². The number of nitrogens with zero attached hydrogens (tertiary/aromatic N) is 2. The van der Waals surface area contributed by atoms with Crippen LogP contribution in [-0.4, -0.2) is 26.6 Å². The van der Waals surface area contributed by atoms with Gasteiger partial charge in [0.15, 0.2) is 0 Å². The van der Waals surface area contributed by atoms with Crippen LogP contribution in [0.3, 0.4) is 0 Å². The van der Waals surface area contributed by atoms with Crippen LogP contribution < -0.4 is 9.73 Å². The van der Waals surface area contributed by atoms with Crippen molar-refractivity contribution < 1.29 is 13.2 Å². The summed E-state index contributed by atoms with van der Waals surface area (Å²) in [5, 5.41) is 4.14. The molecule has 0 heterocycles. The summed E-state index contributed by atoms with van der Waals surface area (Å²) in [6, 6.07) is 21.1. The van der Waals surface area contributed by atoms with Gasteiger partial charge in [-0.1, -0.05) is 64.0 Å². The van der Waals surface area contributed by atoms with Crippen LogP contribution in [0, 0.1) is 13.8 Å². The minimum Gasteiger partial charge on any atom is -0.271 e. The number of hydrazone groups is 1. The largest absolute Gasteiger partial charge is 0.271 e. The number of para-hydroxylation sites is 1. The summed E-state index contributed by atoms with van der Waals surface area (Å²) in [7, 11) is -3.97. The van der Waals surface area contributed by atoms with Crippen LogP contribution >= 0.6 is 15.9 Å². The molecule has 1 amide bonds. The van der Waals surface area contributed by atoms with E-state index in [0.717, 1.165) is 25.5 Å². The molecule has 0 saturated carbocycles. The van der Waals surface area contributed by atoms with Crippen LogP contribution in [-0.2, 0) is 14.8 Å². The van der Waals surface area contributed by atoms with Crippen LogP contribution in [0.25, 0.3) is 0 Å². The molecular formula is C24H24BrN3O3S. The van der Waals surface area contributed by atoms with Gasteiger partial charge in [-0.3, -0.25) is 9.10 Å². The van der Waals surface area contributed by atoms with Gasteiger partial charge in [0, 0.05) is 4.47 Å². The molecule has 0 saturated heterocycles. The van der Waals surface area contributed by atoms with Gasteiger partial charge in [0.1, 0.15) is 6.54 Å². The maximum Gasteiger partial charge on any atom is 0.264 e. The van der Waals surface area contributed by atoms with Gasteiger partial charge in [-0.2, -0.15) is 5.10 Å². The average Bonchev–Trinajstić information content (AvgIpc) is 2.77. The zero-order chi connectivity index (χ0) is 23.3. The molecule has 0 bridgehead atoms. The lowest BCUT2D eigenvalue weighted by atomic mass is 10.1. The quantitative estimate of drug-likeness (QED) is 0.364. The second-order valence-corrected chi connectivity index (χ2v) is 10.1. The summed E-state index contributed by atoms with van der Waals surface area (Å²) in [6.07, 6.45) is 0. The average molecular weight is 514 g/mol. The maximum atomic E-state index is 13.4. The van der Waals surface area contributed by atoms with E-state index in [2.05, 4.69) is 26.5 Å². The number of benzene rings is 3. The molecule has 0 spiro atoms. The van der Waals surface area contributed by atoms with Gasteiger partial charge in [0.2, 0.25) is 0 Å². The first kappa shape index (κ1) is 23.7. The van der Waals surface area contributed by atoms with Crippen molar-refractivity contribution in [2.24, 2.45) is 5.10 Å². The lowest BCUT2D eigenvalue weighted by molar-refractivity contribution is -0.119. The summed E-state index contributed by atoms with van der Waals surface area (Å²) in [4.78, 5) is 12.8. The van der Waals surface area contributed by atoms with Crippen LogP contribution in [0.2, 0.25) is 0 Å². The number of hydrogen-bond acceptors (Lipinski definition) is 4. The Morgan fingerprint density at radius 1 is 0.969 bits per heavy atom. The number of carbonyl (C=O) groups is 1. The number of aryl methyl sites for hydroxylation is 2. The molecule has 3 aromatic carbocycles. The molecule has 166 valence electrons. The zero-order valence-corrected chi connectivity index (χ0v) is 20.4. The molecule has 0 radical (unpaired) electrons. The third-order valence-corrected chi connectivity index (χ3v) is 7.19. The van der Waals surface area contributed by atoms with E-state index in [1.165, 1.54) is 0 Å². The summed E-state index contributed by atoms with van der Waals surface area (Å²) < 4.78 is 28.9. The SMILES string of the molecule is C/C(=N\NC(=O)CN(c1ccccc1C)S(=O)(=O)c1ccc(C)cc1)c1ccc(Br)cc1. The number of nitrogens with one attached hydrogen (secondary N) is 1. The third-order valence-electron chi connectivity index (χ3n) is 4.89. The summed E-state index contributed by atoms with van der Waals surface area (Å²) in [5.74, 6) is -0.541. The molecule has 0 aromatic heterocycles. The molecular weight excluding hydrogens is 490 g/mol. The van der Waals surface area contributed by atoms with Gasteiger partial charge in [-0.25, -0.2) is 13.8 Å². The number of carbonyl (C=O) groups excluding carboxylic acids is 1. The van der Waals surface area contributed by atoms with E-state index in [1.54, 1.807) is 56.3 Å². The van der Waals surface area contributed by atoms with E-state index in [4.69, 9.17) is 0 Å². The van der Waals surface area contributed by atoms with Crippen molar-refractivity contribution in [3.8, 4) is 0 Å². The molecule has 0 aliphatic heterocycles. The second kappa shape index (κ2) is 10.1. The van der Waals surface area contributed by atoms with Crippen molar-refractivity contribution in [1.82, 2.24) is 5.43 Å². The van der Waals surface area contributed by atoms with Crippen molar-refractivity contribution in [1.29, 1.82) is 0 Å². The molecule has 0 aliphatic rings. The van der Waals surface area contributed by atoms with Gasteiger partial charge >= 0.3 is 0 Å². The van der Waals surface area contributed by atoms with Gasteiger partial charge in [0.25, 0.3) is 15.9 Å². The minimum atomic E-state index is -3.97. The fourth-order valence-electron chi connectivity index (χ4n) is 3.05. The summed E-state index contributed by atoms with van der Waals surface area (Å²) in [6.45, 7) is 5.05. The zero-order valence-electron chi connectivity index (χ0n) is 18.0. The second-order valence-electron chi connectivity index (χ2n) is 7.35. The van der Waals surface area contributed by atoms with Crippen molar-refractivity contribution in [3.05, 3.63) is 94.0 Å². The van der Waals surface area contributed by atoms with E-state index in [9.17, 15) is 13.2 Å². The van der Waals surface area contributed by atoms with Crippen LogP contribution in [0.15, 0.2) is 87.3 Å². The van der Waals surface area contributed by atoms with Crippen LogP contribution in [0.5, 0.6) is 0 Å². The van der Waals surface area contributed by atoms with Gasteiger partial charge in [-0.15, -0.1) is 0 Å². The molecule has 3 rings (SSSR count). The number of rotatable bonds is 7. The molecule has 0 fully saturated rings. The number of halogens is 1. The fraction of sp³-hybridized carbons (Fsp3) is 0.167. The molecule has 8 heteroatoms. The number of hydrogen-bond donors (Lipinski definition) is 1. The number of anilines is 1. The van der Waals surface area contributed by atoms with Gasteiger partial charge in [0.05, 0.1) is 16.3 Å². The molecule has 1 N–H and O–H groups in total. The first-order valence-corrected chi connectivity index (χ1v) is 12.2. The molecule has 32 heavy (non-hydrogen) atoms. The minimum absolute atomic E-state index is 0.119. The Bertz CT molecular complexity index is 1240. The normalized spacial score (nSPS) is 11.8. The van der Waals surface area contributed by atoms with Crippen LogP contribution in [0.4, 0.5) is 5.69 Å². The summed E-state index contributed by atoms with van der Waals surface area (Å²) in [5.41, 5.74) is 6.06. The van der Waals surface area contributed by atoms with E-state index in [1.807, 2.05) is 37.3 Å². The predicted molar refractivity (Wildman–Crippen MR) is 131 cm³/mol. The molecule has 0 unspecified atom stereocenters. The van der Waals surface area contributed by atoms with Crippen molar-refractivity contribution in [3.63, 3.8) is 0 Å².